The first-order valence-electron chi connectivity index (χ1n) is 8.71. The molecule has 1 aliphatic rings. The van der Waals surface area contributed by atoms with Crippen LogP contribution in [0.5, 0.6) is 0 Å². The molecule has 1 heterocycles. The fourth-order valence-electron chi connectivity index (χ4n) is 3.20. The summed E-state index contributed by atoms with van der Waals surface area (Å²) in [4.78, 5) is 27.1. The van der Waals surface area contributed by atoms with Crippen molar-refractivity contribution in [2.24, 2.45) is 0 Å². The molecular formula is C18H27ClFN3O3. The number of carboxylic acids is 1. The molecule has 1 amide bonds. The Morgan fingerprint density at radius 3 is 2.42 bits per heavy atom. The maximum Gasteiger partial charge on any atom is 0.317 e. The molecule has 1 saturated heterocycles. The van der Waals surface area contributed by atoms with Crippen LogP contribution in [0.15, 0.2) is 24.3 Å². The van der Waals surface area contributed by atoms with E-state index >= 15 is 0 Å². The summed E-state index contributed by atoms with van der Waals surface area (Å²) in [7, 11) is 0. The number of piperidine rings is 1. The summed E-state index contributed by atoms with van der Waals surface area (Å²) in [5.41, 5.74) is 0.595. The largest absolute Gasteiger partial charge is 0.480 e. The van der Waals surface area contributed by atoms with E-state index in [0.717, 1.165) is 32.5 Å². The summed E-state index contributed by atoms with van der Waals surface area (Å²) in [6, 6.07) is 6.01. The highest BCUT2D eigenvalue weighted by atomic mass is 35.5. The van der Waals surface area contributed by atoms with E-state index in [1.165, 1.54) is 12.1 Å². The van der Waals surface area contributed by atoms with Crippen molar-refractivity contribution in [3.05, 3.63) is 30.1 Å². The summed E-state index contributed by atoms with van der Waals surface area (Å²) in [6.45, 7) is 5.20. The van der Waals surface area contributed by atoms with E-state index in [1.54, 1.807) is 12.1 Å². The highest BCUT2D eigenvalue weighted by molar-refractivity contribution is 5.90. The SMILES string of the molecule is CCN(CC(=O)O)C1CCN(CCC(=O)Nc2ccc(F)cc2)CC1.Cl. The van der Waals surface area contributed by atoms with Crippen LogP contribution < -0.4 is 5.32 Å². The van der Waals surface area contributed by atoms with Crippen LogP contribution in [0, 0.1) is 5.82 Å². The molecule has 2 N–H and O–H groups in total. The number of hydrogen-bond donors (Lipinski definition) is 2. The number of aliphatic carboxylic acids is 1. The molecule has 1 fully saturated rings. The van der Waals surface area contributed by atoms with Gasteiger partial charge in [-0.25, -0.2) is 4.39 Å². The van der Waals surface area contributed by atoms with Crippen LogP contribution in [-0.2, 0) is 9.59 Å². The Morgan fingerprint density at radius 1 is 1.27 bits per heavy atom. The topological polar surface area (TPSA) is 72.9 Å². The third-order valence-electron chi connectivity index (χ3n) is 4.60. The number of anilines is 1. The van der Waals surface area contributed by atoms with E-state index in [-0.39, 0.29) is 30.7 Å². The van der Waals surface area contributed by atoms with Gasteiger partial charge in [-0.3, -0.25) is 14.5 Å². The number of rotatable bonds is 8. The monoisotopic (exact) mass is 387 g/mol. The quantitative estimate of drug-likeness (QED) is 0.716. The van der Waals surface area contributed by atoms with Crippen molar-refractivity contribution in [1.29, 1.82) is 0 Å². The van der Waals surface area contributed by atoms with Gasteiger partial charge in [0, 0.05) is 24.7 Å². The summed E-state index contributed by atoms with van der Waals surface area (Å²) < 4.78 is 12.8. The van der Waals surface area contributed by atoms with Crippen molar-refractivity contribution >= 4 is 30.0 Å². The minimum absolute atomic E-state index is 0. The molecule has 0 radical (unpaired) electrons. The Morgan fingerprint density at radius 2 is 1.88 bits per heavy atom. The molecule has 0 saturated carbocycles. The number of hydrogen-bond acceptors (Lipinski definition) is 4. The molecule has 6 nitrogen and oxygen atoms in total. The average molecular weight is 388 g/mol. The molecule has 0 bridgehead atoms. The van der Waals surface area contributed by atoms with Gasteiger partial charge in [0.1, 0.15) is 5.82 Å². The number of likely N-dealkylation sites (tertiary alicyclic amines) is 1. The first-order chi connectivity index (χ1) is 12.0. The number of carboxylic acid groups (broad SMARTS) is 1. The van der Waals surface area contributed by atoms with E-state index in [9.17, 15) is 14.0 Å². The van der Waals surface area contributed by atoms with Crippen molar-refractivity contribution in [3.8, 4) is 0 Å². The van der Waals surface area contributed by atoms with Crippen molar-refractivity contribution in [3.63, 3.8) is 0 Å². The molecule has 0 aromatic heterocycles. The van der Waals surface area contributed by atoms with Gasteiger partial charge in [-0.15, -0.1) is 12.4 Å². The molecule has 0 aliphatic carbocycles. The Labute approximate surface area is 159 Å². The second-order valence-corrected chi connectivity index (χ2v) is 6.33. The maximum absolute atomic E-state index is 12.8. The lowest BCUT2D eigenvalue weighted by Crippen LogP contribution is -2.47. The van der Waals surface area contributed by atoms with Gasteiger partial charge in [0.05, 0.1) is 6.54 Å². The third kappa shape index (κ3) is 7.27. The van der Waals surface area contributed by atoms with E-state index in [4.69, 9.17) is 5.11 Å². The smallest absolute Gasteiger partial charge is 0.317 e. The predicted octanol–water partition coefficient (Wildman–Crippen LogP) is 2.45. The lowest BCUT2D eigenvalue weighted by molar-refractivity contribution is -0.139. The van der Waals surface area contributed by atoms with Crippen LogP contribution in [-0.4, -0.2) is 65.5 Å². The molecule has 26 heavy (non-hydrogen) atoms. The van der Waals surface area contributed by atoms with E-state index in [0.29, 0.717) is 24.7 Å². The van der Waals surface area contributed by atoms with Crippen LogP contribution in [0.4, 0.5) is 10.1 Å². The van der Waals surface area contributed by atoms with Crippen LogP contribution in [0.2, 0.25) is 0 Å². The predicted molar refractivity (Wildman–Crippen MR) is 101 cm³/mol. The Balaban J connectivity index is 0.00000338. The lowest BCUT2D eigenvalue weighted by Gasteiger charge is -2.37. The Kier molecular flexibility index (Phi) is 9.54. The summed E-state index contributed by atoms with van der Waals surface area (Å²) >= 11 is 0. The van der Waals surface area contributed by atoms with Gasteiger partial charge >= 0.3 is 5.97 Å². The van der Waals surface area contributed by atoms with Gasteiger partial charge in [-0.2, -0.15) is 0 Å². The molecule has 8 heteroatoms. The molecule has 0 unspecified atom stereocenters. The van der Waals surface area contributed by atoms with Crippen molar-refractivity contribution in [1.82, 2.24) is 9.80 Å². The van der Waals surface area contributed by atoms with Gasteiger partial charge in [0.25, 0.3) is 0 Å². The van der Waals surface area contributed by atoms with Crippen LogP contribution in [0.3, 0.4) is 0 Å². The molecule has 0 atom stereocenters. The number of amides is 1. The zero-order chi connectivity index (χ0) is 18.2. The number of nitrogens with zero attached hydrogens (tertiary/aromatic N) is 2. The molecule has 1 aromatic carbocycles. The number of benzene rings is 1. The first kappa shape index (κ1) is 22.3. The number of likely N-dealkylation sites (N-methyl/N-ethyl adjacent to an activating group) is 1. The van der Waals surface area contributed by atoms with Gasteiger partial charge in [0.2, 0.25) is 5.91 Å². The van der Waals surface area contributed by atoms with Crippen molar-refractivity contribution in [2.45, 2.75) is 32.2 Å². The first-order valence-corrected chi connectivity index (χ1v) is 8.71. The Hall–Kier alpha value is -1.70. The normalized spacial score (nSPS) is 15.5. The summed E-state index contributed by atoms with van der Waals surface area (Å²) in [6.07, 6.45) is 2.22. The minimum Gasteiger partial charge on any atom is -0.480 e. The molecular weight excluding hydrogens is 361 g/mol. The summed E-state index contributed by atoms with van der Waals surface area (Å²) in [5, 5.41) is 11.7. The molecule has 1 aromatic rings. The highest BCUT2D eigenvalue weighted by Crippen LogP contribution is 2.17. The number of halogens is 2. The van der Waals surface area contributed by atoms with Crippen molar-refractivity contribution < 1.29 is 19.1 Å². The fourth-order valence-corrected chi connectivity index (χ4v) is 3.20. The van der Waals surface area contributed by atoms with E-state index in [2.05, 4.69) is 10.2 Å². The number of nitrogens with one attached hydrogen (secondary N) is 1. The Bertz CT molecular complexity index is 578. The van der Waals surface area contributed by atoms with Crippen LogP contribution >= 0.6 is 12.4 Å². The molecule has 146 valence electrons. The number of carbonyl (C=O) groups excluding carboxylic acids is 1. The van der Waals surface area contributed by atoms with Gasteiger partial charge in [0.15, 0.2) is 0 Å². The second kappa shape index (κ2) is 11.1. The third-order valence-corrected chi connectivity index (χ3v) is 4.60. The lowest BCUT2D eigenvalue weighted by atomic mass is 10.0. The molecule has 2 rings (SSSR count). The number of carbonyl (C=O) groups is 2. The van der Waals surface area contributed by atoms with E-state index < -0.39 is 5.97 Å². The van der Waals surface area contributed by atoms with Gasteiger partial charge in [-0.1, -0.05) is 6.92 Å². The average Bonchev–Trinajstić information content (AvgIpc) is 2.60. The van der Waals surface area contributed by atoms with Crippen LogP contribution in [0.1, 0.15) is 26.2 Å². The molecule has 0 spiro atoms. The van der Waals surface area contributed by atoms with Gasteiger partial charge in [-0.05, 0) is 56.7 Å². The van der Waals surface area contributed by atoms with E-state index in [1.807, 2.05) is 11.8 Å². The second-order valence-electron chi connectivity index (χ2n) is 6.33. The fraction of sp³-hybridized carbons (Fsp3) is 0.556. The minimum atomic E-state index is -0.790. The molecule has 1 aliphatic heterocycles. The standard InChI is InChI=1S/C18H26FN3O3.ClH/c1-2-22(13-18(24)25)16-7-10-21(11-8-16)12-9-17(23)20-15-5-3-14(19)4-6-15;/h3-6,16H,2,7-13H2,1H3,(H,20,23)(H,24,25);1H. The zero-order valence-corrected chi connectivity index (χ0v) is 15.8. The van der Waals surface area contributed by atoms with Crippen molar-refractivity contribution in [2.75, 3.05) is 38.0 Å². The summed E-state index contributed by atoms with van der Waals surface area (Å²) in [5.74, 6) is -1.21. The maximum atomic E-state index is 12.8. The zero-order valence-electron chi connectivity index (χ0n) is 15.0. The highest BCUT2D eigenvalue weighted by Gasteiger charge is 2.25. The van der Waals surface area contributed by atoms with Crippen LogP contribution in [0.25, 0.3) is 0 Å². The van der Waals surface area contributed by atoms with Gasteiger partial charge < -0.3 is 15.3 Å².